The molecule has 27 heavy (non-hydrogen) atoms. The minimum Gasteiger partial charge on any atom is -0.382 e. The summed E-state index contributed by atoms with van der Waals surface area (Å²) in [5, 5.41) is 7.76. The maximum absolute atomic E-state index is 13.2. The number of aryl methyl sites for hydroxylation is 2. The monoisotopic (exact) mass is 400 g/mol. The predicted octanol–water partition coefficient (Wildman–Crippen LogP) is 1.75. The molecule has 0 N–H and O–H groups in total. The third-order valence-corrected chi connectivity index (χ3v) is 6.58. The molecule has 0 saturated carbocycles. The first-order valence-electron chi connectivity index (χ1n) is 8.79. The van der Waals surface area contributed by atoms with E-state index >= 15 is 0 Å². The zero-order chi connectivity index (χ0) is 19.4. The number of methoxy groups -OCH3 is 1. The van der Waals surface area contributed by atoms with Crippen molar-refractivity contribution in [3.05, 3.63) is 23.2 Å². The van der Waals surface area contributed by atoms with Gasteiger partial charge in [-0.25, -0.2) is 8.42 Å². The van der Waals surface area contributed by atoms with Gasteiger partial charge in [-0.2, -0.15) is 9.29 Å². The van der Waals surface area contributed by atoms with Crippen LogP contribution in [0.15, 0.2) is 13.9 Å². The Labute approximate surface area is 157 Å². The maximum Gasteiger partial charge on any atom is 0.252 e. The summed E-state index contributed by atoms with van der Waals surface area (Å²) in [6, 6.07) is -0.492. The Morgan fingerprint density at radius 3 is 2.70 bits per heavy atom. The molecule has 1 fully saturated rings. The summed E-state index contributed by atoms with van der Waals surface area (Å²) in [4.78, 5) is 4.44. The van der Waals surface area contributed by atoms with E-state index in [1.165, 1.54) is 4.31 Å². The molecule has 0 radical (unpaired) electrons. The lowest BCUT2D eigenvalue weighted by Gasteiger charge is -2.32. The van der Waals surface area contributed by atoms with Gasteiger partial charge in [0.2, 0.25) is 10.0 Å². The van der Waals surface area contributed by atoms with Gasteiger partial charge in [-0.1, -0.05) is 16.7 Å². The number of ether oxygens (including phenoxy) is 2. The molecule has 3 rings (SSSR count). The number of piperidine rings is 1. The van der Waals surface area contributed by atoms with Crippen molar-refractivity contribution in [3.8, 4) is 0 Å². The largest absolute Gasteiger partial charge is 0.382 e. The van der Waals surface area contributed by atoms with E-state index in [4.69, 9.17) is 18.5 Å². The molecule has 1 saturated heterocycles. The fraction of sp³-hybridized carbons (Fsp3) is 0.688. The third-order valence-electron chi connectivity index (χ3n) is 4.43. The Kier molecular flexibility index (Phi) is 6.25. The molecule has 10 nitrogen and oxygen atoms in total. The standard InChI is InChI=1S/C16H24N4O6S/c1-11-15(12(2)25-18-11)27(21,22)20-7-5-4-6-13(20)16-17-14(26-19-16)10-24-9-8-23-3/h13H,4-10H2,1-3H3. The highest BCUT2D eigenvalue weighted by atomic mass is 32.2. The Morgan fingerprint density at radius 2 is 2.00 bits per heavy atom. The van der Waals surface area contributed by atoms with Crippen molar-refractivity contribution < 1.29 is 26.9 Å². The van der Waals surface area contributed by atoms with Crippen LogP contribution in [0.5, 0.6) is 0 Å². The second kappa shape index (κ2) is 8.46. The van der Waals surface area contributed by atoms with Crippen LogP contribution in [0.3, 0.4) is 0 Å². The molecule has 0 aromatic carbocycles. The van der Waals surface area contributed by atoms with E-state index in [1.807, 2.05) is 0 Å². The van der Waals surface area contributed by atoms with Crippen molar-refractivity contribution in [2.45, 2.75) is 50.7 Å². The molecule has 2 aromatic rings. The highest BCUT2D eigenvalue weighted by molar-refractivity contribution is 7.89. The van der Waals surface area contributed by atoms with Gasteiger partial charge in [0.15, 0.2) is 11.6 Å². The van der Waals surface area contributed by atoms with E-state index in [1.54, 1.807) is 21.0 Å². The number of sulfonamides is 1. The van der Waals surface area contributed by atoms with Crippen LogP contribution < -0.4 is 0 Å². The number of rotatable bonds is 8. The Hall–Kier alpha value is -1.82. The van der Waals surface area contributed by atoms with Crippen molar-refractivity contribution in [1.29, 1.82) is 0 Å². The van der Waals surface area contributed by atoms with Crippen LogP contribution in [0, 0.1) is 13.8 Å². The summed E-state index contributed by atoms with van der Waals surface area (Å²) >= 11 is 0. The normalized spacial score (nSPS) is 18.9. The van der Waals surface area contributed by atoms with E-state index < -0.39 is 16.1 Å². The van der Waals surface area contributed by atoms with Gasteiger partial charge in [-0.05, 0) is 26.7 Å². The summed E-state index contributed by atoms with van der Waals surface area (Å²) in [6.45, 7) is 4.62. The molecule has 11 heteroatoms. The van der Waals surface area contributed by atoms with Gasteiger partial charge < -0.3 is 18.5 Å². The van der Waals surface area contributed by atoms with E-state index in [-0.39, 0.29) is 17.3 Å². The lowest BCUT2D eigenvalue weighted by Crippen LogP contribution is -2.39. The van der Waals surface area contributed by atoms with E-state index in [9.17, 15) is 8.42 Å². The van der Waals surface area contributed by atoms with Crippen LogP contribution in [-0.4, -0.2) is 54.9 Å². The Balaban J connectivity index is 1.81. The van der Waals surface area contributed by atoms with Gasteiger partial charge in [0.1, 0.15) is 17.2 Å². The third kappa shape index (κ3) is 4.21. The molecule has 0 spiro atoms. The molecule has 1 aliphatic rings. The second-order valence-corrected chi connectivity index (χ2v) is 8.20. The minimum absolute atomic E-state index is 0.112. The molecule has 2 aromatic heterocycles. The molecule has 3 heterocycles. The SMILES string of the molecule is COCCOCc1nc(C2CCCCN2S(=O)(=O)c2c(C)noc2C)no1. The van der Waals surface area contributed by atoms with Crippen LogP contribution >= 0.6 is 0 Å². The molecular formula is C16H24N4O6S. The summed E-state index contributed by atoms with van der Waals surface area (Å²) in [5.41, 5.74) is 0.345. The first-order valence-corrected chi connectivity index (χ1v) is 10.2. The van der Waals surface area contributed by atoms with E-state index in [0.29, 0.717) is 43.6 Å². The zero-order valence-electron chi connectivity index (χ0n) is 15.7. The van der Waals surface area contributed by atoms with Gasteiger partial charge in [0.05, 0.1) is 19.3 Å². The lowest BCUT2D eigenvalue weighted by atomic mass is 10.0. The summed E-state index contributed by atoms with van der Waals surface area (Å²) in [7, 11) is -2.20. The molecule has 1 atom stereocenters. The number of aromatic nitrogens is 3. The van der Waals surface area contributed by atoms with Crippen LogP contribution in [0.4, 0.5) is 0 Å². The van der Waals surface area contributed by atoms with E-state index in [2.05, 4.69) is 15.3 Å². The highest BCUT2D eigenvalue weighted by Gasteiger charge is 2.39. The molecule has 0 bridgehead atoms. The van der Waals surface area contributed by atoms with Gasteiger partial charge in [0.25, 0.3) is 5.89 Å². The first kappa shape index (κ1) is 19.9. The van der Waals surface area contributed by atoms with Crippen molar-refractivity contribution >= 4 is 10.0 Å². The average molecular weight is 400 g/mol. The fourth-order valence-electron chi connectivity index (χ4n) is 3.17. The average Bonchev–Trinajstić information content (AvgIpc) is 3.25. The zero-order valence-corrected chi connectivity index (χ0v) is 16.5. The molecule has 150 valence electrons. The van der Waals surface area contributed by atoms with Crippen molar-refractivity contribution in [3.63, 3.8) is 0 Å². The minimum atomic E-state index is -3.78. The van der Waals surface area contributed by atoms with Crippen molar-refractivity contribution in [2.24, 2.45) is 0 Å². The molecule has 1 unspecified atom stereocenters. The summed E-state index contributed by atoms with van der Waals surface area (Å²) in [5.74, 6) is 0.925. The Morgan fingerprint density at radius 1 is 1.19 bits per heavy atom. The van der Waals surface area contributed by atoms with Gasteiger partial charge in [-0.3, -0.25) is 0 Å². The number of hydrogen-bond donors (Lipinski definition) is 0. The van der Waals surface area contributed by atoms with Crippen LogP contribution in [0.25, 0.3) is 0 Å². The first-order chi connectivity index (χ1) is 12.9. The van der Waals surface area contributed by atoms with E-state index in [0.717, 1.165) is 12.8 Å². The van der Waals surface area contributed by atoms with Crippen LogP contribution in [-0.2, 0) is 26.1 Å². The lowest BCUT2D eigenvalue weighted by molar-refractivity contribution is 0.0494. The number of nitrogens with zero attached hydrogens (tertiary/aromatic N) is 4. The Bertz CT molecular complexity index is 843. The molecule has 1 aliphatic heterocycles. The molecule has 0 amide bonds. The predicted molar refractivity (Wildman–Crippen MR) is 92.3 cm³/mol. The summed E-state index contributed by atoms with van der Waals surface area (Å²) in [6.07, 6.45) is 2.27. The second-order valence-electron chi connectivity index (χ2n) is 6.37. The van der Waals surface area contributed by atoms with Crippen molar-refractivity contribution in [1.82, 2.24) is 19.6 Å². The summed E-state index contributed by atoms with van der Waals surface area (Å²) < 4.78 is 48.4. The maximum atomic E-state index is 13.2. The fourth-order valence-corrected chi connectivity index (χ4v) is 5.12. The number of hydrogen-bond acceptors (Lipinski definition) is 9. The quantitative estimate of drug-likeness (QED) is 0.610. The topological polar surface area (TPSA) is 121 Å². The van der Waals surface area contributed by atoms with Crippen molar-refractivity contribution in [2.75, 3.05) is 26.9 Å². The van der Waals surface area contributed by atoms with Crippen LogP contribution in [0.2, 0.25) is 0 Å². The smallest absolute Gasteiger partial charge is 0.252 e. The van der Waals surface area contributed by atoms with Gasteiger partial charge >= 0.3 is 0 Å². The highest BCUT2D eigenvalue weighted by Crippen LogP contribution is 2.35. The molecule has 0 aliphatic carbocycles. The van der Waals surface area contributed by atoms with Crippen LogP contribution in [0.1, 0.15) is 48.5 Å². The van der Waals surface area contributed by atoms with Gasteiger partial charge in [-0.15, -0.1) is 0 Å². The molecular weight excluding hydrogens is 376 g/mol. The van der Waals surface area contributed by atoms with Gasteiger partial charge in [0, 0.05) is 13.7 Å².